The number of benzene rings is 1. The van der Waals surface area contributed by atoms with Crippen molar-refractivity contribution < 1.29 is 9.21 Å². The minimum Gasteiger partial charge on any atom is -0.441 e. The molecule has 1 aliphatic carbocycles. The van der Waals surface area contributed by atoms with E-state index < -0.39 is 0 Å². The second kappa shape index (κ2) is 5.85. The molecule has 118 valence electrons. The van der Waals surface area contributed by atoms with E-state index in [4.69, 9.17) is 16.0 Å². The smallest absolute Gasteiger partial charge is 0.256 e. The molecule has 0 fully saturated rings. The molecular weight excluding hydrogens is 312 g/mol. The van der Waals surface area contributed by atoms with Gasteiger partial charge < -0.3 is 9.73 Å². The average molecular weight is 329 g/mol. The fraction of sp³-hybridized carbons (Fsp3) is 0.333. The summed E-state index contributed by atoms with van der Waals surface area (Å²) in [6, 6.07) is 5.94. The molecule has 0 saturated carbocycles. The van der Waals surface area contributed by atoms with Crippen molar-refractivity contribution in [3.05, 3.63) is 46.7 Å². The highest BCUT2D eigenvalue weighted by Crippen LogP contribution is 2.34. The van der Waals surface area contributed by atoms with Crippen molar-refractivity contribution in [2.75, 3.05) is 11.2 Å². The molecule has 5 heteroatoms. The normalized spacial score (nSPS) is 18.0. The van der Waals surface area contributed by atoms with E-state index in [-0.39, 0.29) is 5.91 Å². The second-order valence-electron chi connectivity index (χ2n) is 5.96. The number of oxazole rings is 1. The Morgan fingerprint density at radius 1 is 1.30 bits per heavy atom. The van der Waals surface area contributed by atoms with Gasteiger partial charge in [-0.3, -0.25) is 4.79 Å². The summed E-state index contributed by atoms with van der Waals surface area (Å²) >= 11 is 5.82. The number of alkyl halides is 1. The third kappa shape index (κ3) is 2.68. The molecule has 2 aromatic rings. The summed E-state index contributed by atoms with van der Waals surface area (Å²) in [6.07, 6.45) is 6.73. The Morgan fingerprint density at radius 2 is 2.17 bits per heavy atom. The summed E-state index contributed by atoms with van der Waals surface area (Å²) in [7, 11) is 0. The molecule has 0 unspecified atom stereocenters. The van der Waals surface area contributed by atoms with E-state index in [1.807, 2.05) is 18.2 Å². The standard InChI is InChI=1S/C18H17ClN2O2/c19-8-7-11-5-6-14-12(9-11)13(18(22)21-14)10-17-20-15-3-1-2-4-16(15)23-17/h5-6,9-10H,1-4,7-8H2,(H,21,22). The van der Waals surface area contributed by atoms with Gasteiger partial charge in [0.25, 0.3) is 5.91 Å². The van der Waals surface area contributed by atoms with E-state index in [0.717, 1.165) is 60.4 Å². The molecule has 2 heterocycles. The van der Waals surface area contributed by atoms with Crippen LogP contribution >= 0.6 is 11.6 Å². The summed E-state index contributed by atoms with van der Waals surface area (Å²) in [4.78, 5) is 16.8. The van der Waals surface area contributed by atoms with E-state index in [1.165, 1.54) is 0 Å². The van der Waals surface area contributed by atoms with Crippen molar-refractivity contribution in [2.24, 2.45) is 0 Å². The predicted molar refractivity (Wildman–Crippen MR) is 90.5 cm³/mol. The number of halogens is 1. The van der Waals surface area contributed by atoms with Gasteiger partial charge in [-0.2, -0.15) is 0 Å². The number of hydrogen-bond acceptors (Lipinski definition) is 3. The van der Waals surface area contributed by atoms with Gasteiger partial charge in [-0.05, 0) is 43.4 Å². The van der Waals surface area contributed by atoms with Crippen LogP contribution in [0.25, 0.3) is 11.6 Å². The van der Waals surface area contributed by atoms with Crippen LogP contribution in [0.4, 0.5) is 5.69 Å². The quantitative estimate of drug-likeness (QED) is 0.688. The molecule has 0 radical (unpaired) electrons. The summed E-state index contributed by atoms with van der Waals surface area (Å²) in [6.45, 7) is 0. The fourth-order valence-electron chi connectivity index (χ4n) is 3.20. The monoisotopic (exact) mass is 328 g/mol. The number of fused-ring (bicyclic) bond motifs is 2. The minimum absolute atomic E-state index is 0.112. The van der Waals surface area contributed by atoms with Crippen molar-refractivity contribution in [3.63, 3.8) is 0 Å². The lowest BCUT2D eigenvalue weighted by Gasteiger charge is -2.05. The van der Waals surface area contributed by atoms with Crippen LogP contribution in [0.2, 0.25) is 0 Å². The van der Waals surface area contributed by atoms with E-state index in [9.17, 15) is 4.79 Å². The van der Waals surface area contributed by atoms with Crippen molar-refractivity contribution in [2.45, 2.75) is 32.1 Å². The number of hydrogen-bond donors (Lipinski definition) is 1. The largest absolute Gasteiger partial charge is 0.441 e. The first kappa shape index (κ1) is 14.5. The van der Waals surface area contributed by atoms with E-state index in [1.54, 1.807) is 6.08 Å². The van der Waals surface area contributed by atoms with Gasteiger partial charge in [0.05, 0.1) is 11.3 Å². The molecule has 0 bridgehead atoms. The van der Waals surface area contributed by atoms with Gasteiger partial charge >= 0.3 is 0 Å². The summed E-state index contributed by atoms with van der Waals surface area (Å²) in [5.41, 5.74) is 4.49. The molecule has 1 aliphatic heterocycles. The van der Waals surface area contributed by atoms with Crippen LogP contribution in [0.1, 0.15) is 41.3 Å². The number of aromatic nitrogens is 1. The maximum atomic E-state index is 12.3. The first-order chi connectivity index (χ1) is 11.2. The van der Waals surface area contributed by atoms with Crippen LogP contribution in [0, 0.1) is 0 Å². The van der Waals surface area contributed by atoms with E-state index >= 15 is 0 Å². The van der Waals surface area contributed by atoms with Gasteiger partial charge in [-0.15, -0.1) is 11.6 Å². The van der Waals surface area contributed by atoms with Gasteiger partial charge in [0.1, 0.15) is 5.76 Å². The second-order valence-corrected chi connectivity index (χ2v) is 6.34. The Kier molecular flexibility index (Phi) is 3.69. The third-order valence-corrected chi connectivity index (χ3v) is 4.57. The molecule has 23 heavy (non-hydrogen) atoms. The molecule has 2 aliphatic rings. The van der Waals surface area contributed by atoms with Gasteiger partial charge in [-0.25, -0.2) is 4.98 Å². The molecule has 0 saturated heterocycles. The molecule has 4 rings (SSSR count). The first-order valence-electron chi connectivity index (χ1n) is 7.95. The maximum absolute atomic E-state index is 12.3. The van der Waals surface area contributed by atoms with Crippen molar-refractivity contribution in [1.82, 2.24) is 4.98 Å². The Labute approximate surface area is 139 Å². The maximum Gasteiger partial charge on any atom is 0.256 e. The predicted octanol–water partition coefficient (Wildman–Crippen LogP) is 3.83. The highest BCUT2D eigenvalue weighted by Gasteiger charge is 2.25. The third-order valence-electron chi connectivity index (χ3n) is 4.38. The SMILES string of the molecule is O=C1Nc2ccc(CCCl)cc2C1=Cc1nc2c(o1)CCCC2. The molecule has 1 aromatic heterocycles. The zero-order valence-corrected chi connectivity index (χ0v) is 13.4. The number of rotatable bonds is 3. The number of nitrogens with one attached hydrogen (secondary N) is 1. The Balaban J connectivity index is 1.73. The summed E-state index contributed by atoms with van der Waals surface area (Å²) in [5, 5.41) is 2.89. The number of carbonyl (C=O) groups is 1. The van der Waals surface area contributed by atoms with Crippen LogP contribution in [0.3, 0.4) is 0 Å². The number of nitrogens with zero attached hydrogens (tertiary/aromatic N) is 1. The molecular formula is C18H17ClN2O2. The lowest BCUT2D eigenvalue weighted by Crippen LogP contribution is -2.03. The molecule has 4 nitrogen and oxygen atoms in total. The summed E-state index contributed by atoms with van der Waals surface area (Å²) < 4.78 is 5.82. The Morgan fingerprint density at radius 3 is 3.00 bits per heavy atom. The van der Waals surface area contributed by atoms with Crippen LogP contribution in [-0.2, 0) is 24.1 Å². The van der Waals surface area contributed by atoms with Crippen molar-refractivity contribution in [1.29, 1.82) is 0 Å². The number of amides is 1. The van der Waals surface area contributed by atoms with Crippen LogP contribution in [0.5, 0.6) is 0 Å². The van der Waals surface area contributed by atoms with Crippen LogP contribution in [-0.4, -0.2) is 16.8 Å². The van der Waals surface area contributed by atoms with Crippen LogP contribution in [0.15, 0.2) is 22.6 Å². The average Bonchev–Trinajstić information content (AvgIpc) is 3.09. The molecule has 1 aromatic carbocycles. The molecule has 1 amide bonds. The van der Waals surface area contributed by atoms with E-state index in [0.29, 0.717) is 17.3 Å². The van der Waals surface area contributed by atoms with E-state index in [2.05, 4.69) is 10.3 Å². The zero-order valence-electron chi connectivity index (χ0n) is 12.7. The molecule has 0 spiro atoms. The van der Waals surface area contributed by atoms with Crippen molar-refractivity contribution >= 4 is 34.8 Å². The van der Waals surface area contributed by atoms with Gasteiger partial charge in [0.15, 0.2) is 0 Å². The van der Waals surface area contributed by atoms with Gasteiger partial charge in [0, 0.05) is 29.6 Å². The molecule has 1 N–H and O–H groups in total. The topological polar surface area (TPSA) is 55.1 Å². The highest BCUT2D eigenvalue weighted by molar-refractivity contribution is 6.34. The lowest BCUT2D eigenvalue weighted by molar-refractivity contribution is -0.110. The van der Waals surface area contributed by atoms with Crippen molar-refractivity contribution in [3.8, 4) is 0 Å². The number of aryl methyl sites for hydroxylation is 3. The lowest BCUT2D eigenvalue weighted by atomic mass is 10.0. The highest BCUT2D eigenvalue weighted by atomic mass is 35.5. The number of carbonyl (C=O) groups excluding carboxylic acids is 1. The first-order valence-corrected chi connectivity index (χ1v) is 8.49. The number of anilines is 1. The zero-order chi connectivity index (χ0) is 15.8. The molecule has 0 atom stereocenters. The fourth-order valence-corrected chi connectivity index (χ4v) is 3.42. The van der Waals surface area contributed by atoms with Gasteiger partial charge in [0.2, 0.25) is 5.89 Å². The summed E-state index contributed by atoms with van der Waals surface area (Å²) in [5.74, 6) is 1.94. The Bertz CT molecular complexity index is 784. The van der Waals surface area contributed by atoms with Crippen LogP contribution < -0.4 is 5.32 Å². The van der Waals surface area contributed by atoms with Gasteiger partial charge in [-0.1, -0.05) is 6.07 Å². The minimum atomic E-state index is -0.112. The Hall–Kier alpha value is -2.07.